The van der Waals surface area contributed by atoms with E-state index in [1.165, 1.54) is 6.07 Å². The first-order valence-electron chi connectivity index (χ1n) is 8.71. The third kappa shape index (κ3) is 4.76. The molecule has 0 spiro atoms. The summed E-state index contributed by atoms with van der Waals surface area (Å²) < 4.78 is 11.5. The third-order valence-electron chi connectivity index (χ3n) is 4.17. The maximum absolute atomic E-state index is 12.3. The van der Waals surface area contributed by atoms with Crippen LogP contribution in [0.2, 0.25) is 0 Å². The molecule has 28 heavy (non-hydrogen) atoms. The molecule has 0 aliphatic rings. The average molecular weight is 379 g/mol. The molecule has 0 fully saturated rings. The summed E-state index contributed by atoms with van der Waals surface area (Å²) in [5, 5.41) is 7.09. The summed E-state index contributed by atoms with van der Waals surface area (Å²) in [6.45, 7) is 0.176. The first-order valence-corrected chi connectivity index (χ1v) is 8.71. The Kier molecular flexibility index (Phi) is 6.06. The summed E-state index contributed by atoms with van der Waals surface area (Å²) >= 11 is 0. The molecule has 1 amide bonds. The lowest BCUT2D eigenvalue weighted by molar-refractivity contribution is -0.122. The van der Waals surface area contributed by atoms with E-state index in [-0.39, 0.29) is 18.0 Å². The van der Waals surface area contributed by atoms with Crippen molar-refractivity contribution in [3.8, 4) is 22.8 Å². The topological polar surface area (TPSA) is 82.5 Å². The van der Waals surface area contributed by atoms with Gasteiger partial charge in [0.1, 0.15) is 18.0 Å². The highest BCUT2D eigenvalue weighted by Gasteiger charge is 2.08. The van der Waals surface area contributed by atoms with Crippen LogP contribution in [0.3, 0.4) is 0 Å². The molecule has 0 saturated carbocycles. The molecule has 2 aromatic carbocycles. The number of amides is 1. The van der Waals surface area contributed by atoms with Crippen LogP contribution in [-0.2, 0) is 17.9 Å². The SMILES string of the molecule is COc1ccc(-c2ccc(=O)n(CC(=O)NCc3cccc(OC)c3)n2)cc1. The second kappa shape index (κ2) is 8.85. The number of carbonyl (C=O) groups excluding carboxylic acids is 1. The van der Waals surface area contributed by atoms with E-state index in [4.69, 9.17) is 9.47 Å². The van der Waals surface area contributed by atoms with Crippen molar-refractivity contribution in [3.05, 3.63) is 76.6 Å². The molecule has 0 aliphatic carbocycles. The highest BCUT2D eigenvalue weighted by atomic mass is 16.5. The molecule has 1 N–H and O–H groups in total. The molecule has 1 heterocycles. The molecule has 3 aromatic rings. The van der Waals surface area contributed by atoms with Gasteiger partial charge in [0.15, 0.2) is 0 Å². The minimum absolute atomic E-state index is 0.160. The number of hydrogen-bond donors (Lipinski definition) is 1. The zero-order chi connectivity index (χ0) is 19.9. The van der Waals surface area contributed by atoms with Crippen LogP contribution in [0.1, 0.15) is 5.56 Å². The number of nitrogens with one attached hydrogen (secondary N) is 1. The van der Waals surface area contributed by atoms with Crippen molar-refractivity contribution in [1.29, 1.82) is 0 Å². The fraction of sp³-hybridized carbons (Fsp3) is 0.190. The predicted molar refractivity (Wildman–Crippen MR) is 105 cm³/mol. The van der Waals surface area contributed by atoms with Gasteiger partial charge in [-0.3, -0.25) is 9.59 Å². The van der Waals surface area contributed by atoms with Crippen molar-refractivity contribution in [1.82, 2.24) is 15.1 Å². The molecule has 0 atom stereocenters. The fourth-order valence-corrected chi connectivity index (χ4v) is 2.65. The zero-order valence-corrected chi connectivity index (χ0v) is 15.7. The molecule has 7 nitrogen and oxygen atoms in total. The van der Waals surface area contributed by atoms with E-state index in [2.05, 4.69) is 10.4 Å². The highest BCUT2D eigenvalue weighted by molar-refractivity contribution is 5.75. The van der Waals surface area contributed by atoms with Gasteiger partial charge in [-0.25, -0.2) is 4.68 Å². The molecule has 0 unspecified atom stereocenters. The van der Waals surface area contributed by atoms with Crippen LogP contribution in [0, 0.1) is 0 Å². The number of carbonyl (C=O) groups is 1. The summed E-state index contributed by atoms with van der Waals surface area (Å²) in [7, 11) is 3.18. The molecule has 144 valence electrons. The standard InChI is InChI=1S/C21H21N3O4/c1-27-17-8-6-16(7-9-17)19-10-11-21(26)24(23-19)14-20(25)22-13-15-4-3-5-18(12-15)28-2/h3-12H,13-14H2,1-2H3,(H,22,25). The van der Waals surface area contributed by atoms with Crippen molar-refractivity contribution in [3.63, 3.8) is 0 Å². The van der Waals surface area contributed by atoms with Crippen LogP contribution >= 0.6 is 0 Å². The fourth-order valence-electron chi connectivity index (χ4n) is 2.65. The molecule has 0 aliphatic heterocycles. The van der Waals surface area contributed by atoms with Crippen LogP contribution in [-0.4, -0.2) is 29.9 Å². The van der Waals surface area contributed by atoms with Crippen molar-refractivity contribution >= 4 is 5.91 Å². The van der Waals surface area contributed by atoms with E-state index in [1.54, 1.807) is 20.3 Å². The molecule has 3 rings (SSSR count). The first-order chi connectivity index (χ1) is 13.6. The van der Waals surface area contributed by atoms with Gasteiger partial charge in [-0.1, -0.05) is 12.1 Å². The summed E-state index contributed by atoms with van der Waals surface area (Å²) in [4.78, 5) is 24.3. The number of methoxy groups -OCH3 is 2. The van der Waals surface area contributed by atoms with Gasteiger partial charge in [0.05, 0.1) is 19.9 Å². The second-order valence-corrected chi connectivity index (χ2v) is 6.07. The lowest BCUT2D eigenvalue weighted by atomic mass is 10.1. The van der Waals surface area contributed by atoms with Gasteiger partial charge in [0.2, 0.25) is 5.91 Å². The smallest absolute Gasteiger partial charge is 0.267 e. The summed E-state index contributed by atoms with van der Waals surface area (Å²) in [5.41, 5.74) is 1.99. The number of aromatic nitrogens is 2. The predicted octanol–water partition coefficient (Wildman–Crippen LogP) is 2.24. The van der Waals surface area contributed by atoms with Crippen LogP contribution < -0.4 is 20.3 Å². The van der Waals surface area contributed by atoms with Gasteiger partial charge in [0.25, 0.3) is 5.56 Å². The Hall–Kier alpha value is -3.61. The maximum atomic E-state index is 12.3. The van der Waals surface area contributed by atoms with E-state index in [9.17, 15) is 9.59 Å². The lowest BCUT2D eigenvalue weighted by Crippen LogP contribution is -2.33. The third-order valence-corrected chi connectivity index (χ3v) is 4.17. The molecular formula is C21H21N3O4. The van der Waals surface area contributed by atoms with Gasteiger partial charge in [0, 0.05) is 18.2 Å². The summed E-state index contributed by atoms with van der Waals surface area (Å²) in [5.74, 6) is 1.15. The monoisotopic (exact) mass is 379 g/mol. The van der Waals surface area contributed by atoms with Crippen molar-refractivity contribution in [2.75, 3.05) is 14.2 Å². The largest absolute Gasteiger partial charge is 0.497 e. The van der Waals surface area contributed by atoms with Gasteiger partial charge in [-0.15, -0.1) is 0 Å². The Labute approximate surface area is 162 Å². The van der Waals surface area contributed by atoms with E-state index in [0.717, 1.165) is 27.3 Å². The summed E-state index contributed by atoms with van der Waals surface area (Å²) in [6, 6.07) is 17.8. The quantitative estimate of drug-likeness (QED) is 0.681. The summed E-state index contributed by atoms with van der Waals surface area (Å²) in [6.07, 6.45) is 0. The second-order valence-electron chi connectivity index (χ2n) is 6.07. The van der Waals surface area contributed by atoms with Gasteiger partial charge in [-0.2, -0.15) is 5.10 Å². The van der Waals surface area contributed by atoms with Crippen molar-refractivity contribution < 1.29 is 14.3 Å². The Morgan fingerprint density at radius 1 is 1.00 bits per heavy atom. The number of rotatable bonds is 7. The molecule has 0 bridgehead atoms. The van der Waals surface area contributed by atoms with Gasteiger partial charge < -0.3 is 14.8 Å². The van der Waals surface area contributed by atoms with E-state index in [1.807, 2.05) is 48.5 Å². The van der Waals surface area contributed by atoms with Crippen LogP contribution in [0.15, 0.2) is 65.5 Å². The number of hydrogen-bond acceptors (Lipinski definition) is 5. The molecular weight excluding hydrogens is 358 g/mol. The Morgan fingerprint density at radius 2 is 1.75 bits per heavy atom. The minimum atomic E-state index is -0.339. The molecule has 7 heteroatoms. The number of nitrogens with zero attached hydrogens (tertiary/aromatic N) is 2. The number of ether oxygens (including phenoxy) is 2. The molecule has 1 aromatic heterocycles. The first kappa shape index (κ1) is 19.2. The Morgan fingerprint density at radius 3 is 2.46 bits per heavy atom. The average Bonchev–Trinajstić information content (AvgIpc) is 2.74. The van der Waals surface area contributed by atoms with E-state index < -0.39 is 0 Å². The zero-order valence-electron chi connectivity index (χ0n) is 15.7. The van der Waals surface area contributed by atoms with Gasteiger partial charge in [-0.05, 0) is 48.0 Å². The van der Waals surface area contributed by atoms with Gasteiger partial charge >= 0.3 is 0 Å². The maximum Gasteiger partial charge on any atom is 0.267 e. The Balaban J connectivity index is 1.68. The highest BCUT2D eigenvalue weighted by Crippen LogP contribution is 2.19. The van der Waals surface area contributed by atoms with Crippen LogP contribution in [0.4, 0.5) is 0 Å². The number of benzene rings is 2. The van der Waals surface area contributed by atoms with Crippen molar-refractivity contribution in [2.24, 2.45) is 0 Å². The van der Waals surface area contributed by atoms with E-state index >= 15 is 0 Å². The molecule has 0 saturated heterocycles. The minimum Gasteiger partial charge on any atom is -0.497 e. The lowest BCUT2D eigenvalue weighted by Gasteiger charge is -2.09. The normalized spacial score (nSPS) is 10.4. The van der Waals surface area contributed by atoms with Crippen LogP contribution in [0.25, 0.3) is 11.3 Å². The Bertz CT molecular complexity index is 1010. The van der Waals surface area contributed by atoms with Crippen LogP contribution in [0.5, 0.6) is 11.5 Å². The van der Waals surface area contributed by atoms with Crippen molar-refractivity contribution in [2.45, 2.75) is 13.1 Å². The molecule has 0 radical (unpaired) electrons. The van der Waals surface area contributed by atoms with E-state index in [0.29, 0.717) is 12.2 Å².